The summed E-state index contributed by atoms with van der Waals surface area (Å²) in [4.78, 5) is 48.0. The molecule has 2 aromatic heterocycles. The molecule has 1 saturated heterocycles. The van der Waals surface area contributed by atoms with Crippen LogP contribution < -0.4 is 15.2 Å². The molecule has 0 bridgehead atoms. The number of carbonyl (C=O) groups is 2. The first-order chi connectivity index (χ1) is 20.8. The number of esters is 1. The van der Waals surface area contributed by atoms with Crippen LogP contribution in [0.1, 0.15) is 42.5 Å². The van der Waals surface area contributed by atoms with Crippen LogP contribution in [0.2, 0.25) is 0 Å². The number of rotatable bonds is 4. The number of hydrogen-bond donors (Lipinski definition) is 1. The van der Waals surface area contributed by atoms with Crippen LogP contribution in [0.15, 0.2) is 59.4 Å². The summed E-state index contributed by atoms with van der Waals surface area (Å²) in [5.41, 5.74) is 3.41. The van der Waals surface area contributed by atoms with Crippen molar-refractivity contribution in [2.24, 2.45) is 0 Å². The van der Waals surface area contributed by atoms with E-state index in [1.54, 1.807) is 28.5 Å². The average Bonchev–Trinajstić information content (AvgIpc) is 3.41. The summed E-state index contributed by atoms with van der Waals surface area (Å²) in [5.74, 6) is -0.308. The van der Waals surface area contributed by atoms with Crippen LogP contribution in [-0.4, -0.2) is 57.8 Å². The van der Waals surface area contributed by atoms with Crippen molar-refractivity contribution < 1.29 is 24.2 Å². The van der Waals surface area contributed by atoms with Crippen LogP contribution in [0, 0.1) is 0 Å². The highest BCUT2D eigenvalue weighted by molar-refractivity contribution is 5.90. The van der Waals surface area contributed by atoms with Gasteiger partial charge in [-0.3, -0.25) is 4.79 Å². The first-order valence-corrected chi connectivity index (χ1v) is 14.7. The van der Waals surface area contributed by atoms with Gasteiger partial charge in [0.05, 0.1) is 29.0 Å². The topological polar surface area (TPSA) is 114 Å². The first-order valence-electron chi connectivity index (χ1n) is 14.7. The number of nitrogens with zero attached hydrogens (tertiary/aromatic N) is 4. The fourth-order valence-corrected chi connectivity index (χ4v) is 6.56. The van der Waals surface area contributed by atoms with E-state index in [-0.39, 0.29) is 24.7 Å². The van der Waals surface area contributed by atoms with Gasteiger partial charge in [-0.2, -0.15) is 0 Å². The maximum Gasteiger partial charge on any atom is 0.415 e. The Labute approximate surface area is 248 Å². The maximum atomic E-state index is 13.6. The molecule has 1 N–H and O–H groups in total. The second-order valence-corrected chi connectivity index (χ2v) is 11.2. The molecule has 10 heteroatoms. The number of hydrogen-bond acceptors (Lipinski definition) is 8. The normalized spacial score (nSPS) is 19.1. The number of piperazine rings is 1. The zero-order chi connectivity index (χ0) is 29.9. The zero-order valence-electron chi connectivity index (χ0n) is 24.1. The van der Waals surface area contributed by atoms with Crippen molar-refractivity contribution >= 4 is 28.7 Å². The van der Waals surface area contributed by atoms with E-state index in [1.807, 2.05) is 37.3 Å². The van der Waals surface area contributed by atoms with Crippen LogP contribution >= 0.6 is 0 Å². The van der Waals surface area contributed by atoms with Crippen molar-refractivity contribution in [1.82, 2.24) is 14.5 Å². The monoisotopic (exact) mass is 580 g/mol. The second kappa shape index (κ2) is 10.2. The van der Waals surface area contributed by atoms with E-state index < -0.39 is 11.6 Å². The number of anilines is 1. The van der Waals surface area contributed by atoms with Crippen LogP contribution in [0.25, 0.3) is 22.3 Å². The lowest BCUT2D eigenvalue weighted by molar-refractivity contribution is -0.172. The Morgan fingerprint density at radius 2 is 1.79 bits per heavy atom. The number of para-hydroxylation sites is 1. The van der Waals surface area contributed by atoms with Gasteiger partial charge in [-0.15, -0.1) is 0 Å². The van der Waals surface area contributed by atoms with Gasteiger partial charge < -0.3 is 28.9 Å². The number of aryl methyl sites for hydroxylation is 1. The number of benzene rings is 2. The molecule has 1 fully saturated rings. The first kappa shape index (κ1) is 27.2. The molecule has 0 aliphatic carbocycles. The summed E-state index contributed by atoms with van der Waals surface area (Å²) in [6.45, 7) is 6.46. The number of ether oxygens (including phenoxy) is 2. The Hall–Kier alpha value is -4.70. The van der Waals surface area contributed by atoms with E-state index in [0.29, 0.717) is 59.8 Å². The SMILES string of the molecule is CCc1c2c(nc3ccc(OC(=O)N4CCN(c5ccccc5)CC4)cc13)-c1cc3c(c(=O)n1C2)COC(=O)[C@]3(O)CC. The van der Waals surface area contributed by atoms with Crippen LogP contribution in [0.3, 0.4) is 0 Å². The Bertz CT molecular complexity index is 1840. The molecule has 0 radical (unpaired) electrons. The minimum absolute atomic E-state index is 0.0875. The molecule has 0 unspecified atom stereocenters. The molecule has 5 heterocycles. The molecule has 3 aliphatic rings. The summed E-state index contributed by atoms with van der Waals surface area (Å²) in [5, 5.41) is 12.0. The zero-order valence-corrected chi connectivity index (χ0v) is 24.1. The van der Waals surface area contributed by atoms with Gasteiger partial charge in [-0.25, -0.2) is 14.6 Å². The molecular formula is C33H32N4O6. The standard InChI is InChI=1S/C33H32N4O6/c1-3-22-23-16-21(43-32(40)36-14-12-35(13-15-36)20-8-6-5-7-9-20)10-11-27(23)34-29-24(22)18-37-28(29)17-26-25(30(37)38)19-42-31(39)33(26,41)4-2/h5-11,16-17,41H,3-4,12-15,18-19H2,1-2H3/t33-/m0/s1. The van der Waals surface area contributed by atoms with E-state index in [2.05, 4.69) is 17.0 Å². The summed E-state index contributed by atoms with van der Waals surface area (Å²) < 4.78 is 12.7. The molecule has 0 spiro atoms. The molecule has 4 aromatic rings. The van der Waals surface area contributed by atoms with Gasteiger partial charge in [0, 0.05) is 48.4 Å². The van der Waals surface area contributed by atoms with Gasteiger partial charge in [0.25, 0.3) is 5.56 Å². The largest absolute Gasteiger partial charge is 0.458 e. The number of carbonyl (C=O) groups excluding carboxylic acids is 2. The van der Waals surface area contributed by atoms with Crippen molar-refractivity contribution in [2.45, 2.75) is 45.4 Å². The minimum atomic E-state index is -1.87. The summed E-state index contributed by atoms with van der Waals surface area (Å²) >= 11 is 0. The Morgan fingerprint density at radius 3 is 2.51 bits per heavy atom. The third kappa shape index (κ3) is 4.27. The van der Waals surface area contributed by atoms with Crippen molar-refractivity contribution in [3.8, 4) is 17.1 Å². The minimum Gasteiger partial charge on any atom is -0.458 e. The number of aliphatic hydroxyl groups is 1. The fourth-order valence-electron chi connectivity index (χ4n) is 6.56. The molecular weight excluding hydrogens is 548 g/mol. The summed E-state index contributed by atoms with van der Waals surface area (Å²) in [7, 11) is 0. The van der Waals surface area contributed by atoms with Crippen molar-refractivity contribution in [1.29, 1.82) is 0 Å². The number of amides is 1. The third-order valence-corrected chi connectivity index (χ3v) is 9.00. The van der Waals surface area contributed by atoms with Crippen molar-refractivity contribution in [2.75, 3.05) is 31.1 Å². The molecule has 7 rings (SSSR count). The average molecular weight is 581 g/mol. The molecule has 220 valence electrons. The Balaban J connectivity index is 1.18. The quantitative estimate of drug-likeness (QED) is 0.318. The van der Waals surface area contributed by atoms with Crippen molar-refractivity contribution in [3.05, 3.63) is 87.2 Å². The van der Waals surface area contributed by atoms with E-state index in [4.69, 9.17) is 14.5 Å². The van der Waals surface area contributed by atoms with Gasteiger partial charge in [0.15, 0.2) is 5.60 Å². The number of pyridine rings is 2. The lowest BCUT2D eigenvalue weighted by atomic mass is 9.86. The highest BCUT2D eigenvalue weighted by atomic mass is 16.6. The van der Waals surface area contributed by atoms with E-state index in [9.17, 15) is 19.5 Å². The van der Waals surface area contributed by atoms with Crippen molar-refractivity contribution in [3.63, 3.8) is 0 Å². The van der Waals surface area contributed by atoms with Crippen LogP contribution in [0.4, 0.5) is 10.5 Å². The highest BCUT2D eigenvalue weighted by Gasteiger charge is 2.45. The van der Waals surface area contributed by atoms with E-state index >= 15 is 0 Å². The second-order valence-electron chi connectivity index (χ2n) is 11.2. The molecule has 0 saturated carbocycles. The predicted molar refractivity (Wildman–Crippen MR) is 160 cm³/mol. The predicted octanol–water partition coefficient (Wildman–Crippen LogP) is 3.96. The van der Waals surface area contributed by atoms with E-state index in [1.165, 1.54) is 0 Å². The third-order valence-electron chi connectivity index (χ3n) is 9.00. The Kier molecular flexibility index (Phi) is 6.46. The maximum absolute atomic E-state index is 13.6. The number of cyclic esters (lactones) is 1. The summed E-state index contributed by atoms with van der Waals surface area (Å²) in [6, 6.07) is 17.3. The van der Waals surface area contributed by atoms with Crippen LogP contribution in [-0.2, 0) is 34.7 Å². The van der Waals surface area contributed by atoms with Gasteiger partial charge in [-0.1, -0.05) is 32.0 Å². The van der Waals surface area contributed by atoms with Gasteiger partial charge in [-0.05, 0) is 54.8 Å². The van der Waals surface area contributed by atoms with Gasteiger partial charge >= 0.3 is 12.1 Å². The molecule has 1 amide bonds. The molecule has 10 nitrogen and oxygen atoms in total. The molecule has 1 atom stereocenters. The highest BCUT2D eigenvalue weighted by Crippen LogP contribution is 2.40. The fraction of sp³-hybridized carbons (Fsp3) is 0.333. The molecule has 3 aliphatic heterocycles. The number of aromatic nitrogens is 2. The molecule has 43 heavy (non-hydrogen) atoms. The van der Waals surface area contributed by atoms with Gasteiger partial charge in [0.1, 0.15) is 12.4 Å². The smallest absolute Gasteiger partial charge is 0.415 e. The Morgan fingerprint density at radius 1 is 1.02 bits per heavy atom. The lowest BCUT2D eigenvalue weighted by Crippen LogP contribution is -2.49. The lowest BCUT2D eigenvalue weighted by Gasteiger charge is -2.35. The van der Waals surface area contributed by atoms with Gasteiger partial charge in [0.2, 0.25) is 0 Å². The summed E-state index contributed by atoms with van der Waals surface area (Å²) in [6.07, 6.45) is 0.372. The molecule has 2 aromatic carbocycles. The number of fused-ring (bicyclic) bond motifs is 5. The van der Waals surface area contributed by atoms with Crippen LogP contribution in [0.5, 0.6) is 5.75 Å². The van der Waals surface area contributed by atoms with E-state index in [0.717, 1.165) is 35.3 Å².